The summed E-state index contributed by atoms with van der Waals surface area (Å²) in [7, 11) is 0. The fraction of sp³-hybridized carbons (Fsp3) is 0.600. The lowest BCUT2D eigenvalue weighted by atomic mass is 10.0. The van der Waals surface area contributed by atoms with Gasteiger partial charge in [0.25, 0.3) is 0 Å². The van der Waals surface area contributed by atoms with E-state index in [9.17, 15) is 4.79 Å². The van der Waals surface area contributed by atoms with Crippen LogP contribution in [0.25, 0.3) is 11.0 Å². The van der Waals surface area contributed by atoms with E-state index in [2.05, 4.69) is 16.1 Å². The van der Waals surface area contributed by atoms with Crippen molar-refractivity contribution in [3.63, 3.8) is 0 Å². The van der Waals surface area contributed by atoms with E-state index in [1.165, 1.54) is 25.7 Å². The van der Waals surface area contributed by atoms with Crippen LogP contribution in [0.15, 0.2) is 28.8 Å². The van der Waals surface area contributed by atoms with Gasteiger partial charge in [-0.25, -0.2) is 0 Å². The monoisotopic (exact) mass is 341 g/mol. The minimum atomic E-state index is 0.346. The van der Waals surface area contributed by atoms with Gasteiger partial charge in [0.15, 0.2) is 5.58 Å². The number of fused-ring (bicyclic) bond motifs is 1. The summed E-state index contributed by atoms with van der Waals surface area (Å²) < 4.78 is 5.39. The maximum Gasteiger partial charge on any atom is 0.222 e. The third kappa shape index (κ3) is 3.87. The second kappa shape index (κ2) is 7.56. The van der Waals surface area contributed by atoms with Crippen molar-refractivity contribution in [2.24, 2.45) is 5.92 Å². The highest BCUT2D eigenvalue weighted by Gasteiger charge is 2.23. The lowest BCUT2D eigenvalue weighted by molar-refractivity contribution is -0.133. The first-order chi connectivity index (χ1) is 12.3. The molecule has 1 aromatic heterocycles. The van der Waals surface area contributed by atoms with E-state index in [1.54, 1.807) is 0 Å². The van der Waals surface area contributed by atoms with Crippen molar-refractivity contribution >= 4 is 16.9 Å². The summed E-state index contributed by atoms with van der Waals surface area (Å²) in [6, 6.07) is 7.99. The zero-order valence-corrected chi connectivity index (χ0v) is 14.8. The minimum Gasteiger partial charge on any atom is -0.356 e. The van der Waals surface area contributed by atoms with Gasteiger partial charge in [0.05, 0.1) is 0 Å². The Morgan fingerprint density at radius 1 is 1.12 bits per heavy atom. The van der Waals surface area contributed by atoms with Gasteiger partial charge in [-0.1, -0.05) is 43.0 Å². The predicted octanol–water partition coefficient (Wildman–Crippen LogP) is 3.44. The topological polar surface area (TPSA) is 49.6 Å². The predicted molar refractivity (Wildman–Crippen MR) is 97.1 cm³/mol. The number of hydrogen-bond donors (Lipinski definition) is 0. The van der Waals surface area contributed by atoms with Crippen molar-refractivity contribution in [3.8, 4) is 0 Å². The van der Waals surface area contributed by atoms with E-state index in [0.717, 1.165) is 68.1 Å². The molecule has 4 rings (SSSR count). The Morgan fingerprint density at radius 3 is 2.68 bits per heavy atom. The van der Waals surface area contributed by atoms with Gasteiger partial charge in [0.1, 0.15) is 5.69 Å². The first kappa shape index (κ1) is 16.6. The van der Waals surface area contributed by atoms with E-state index >= 15 is 0 Å². The summed E-state index contributed by atoms with van der Waals surface area (Å²) in [6.45, 7) is 4.28. The van der Waals surface area contributed by atoms with Gasteiger partial charge in [-0.05, 0) is 24.5 Å². The van der Waals surface area contributed by atoms with Crippen molar-refractivity contribution < 1.29 is 9.32 Å². The molecular weight excluding hydrogens is 314 g/mol. The first-order valence-electron chi connectivity index (χ1n) is 9.63. The van der Waals surface area contributed by atoms with E-state index in [1.807, 2.05) is 23.1 Å². The molecule has 2 fully saturated rings. The van der Waals surface area contributed by atoms with Crippen molar-refractivity contribution in [2.75, 3.05) is 26.2 Å². The summed E-state index contributed by atoms with van der Waals surface area (Å²) in [5.41, 5.74) is 1.84. The number of nitrogens with zero attached hydrogens (tertiary/aromatic N) is 3. The van der Waals surface area contributed by atoms with Crippen LogP contribution in [-0.2, 0) is 11.3 Å². The zero-order chi connectivity index (χ0) is 17.1. The standard InChI is InChI=1S/C20H27N3O2/c24-20(10-9-16-5-1-2-6-16)23-13-11-22(12-14-23)15-18-17-7-3-4-8-19(17)25-21-18/h3-4,7-8,16H,1-2,5-6,9-15H2. The second-order valence-electron chi connectivity index (χ2n) is 7.47. The smallest absolute Gasteiger partial charge is 0.222 e. The molecule has 1 aliphatic carbocycles. The first-order valence-corrected chi connectivity index (χ1v) is 9.63. The average Bonchev–Trinajstić information content (AvgIpc) is 3.31. The summed E-state index contributed by atoms with van der Waals surface area (Å²) >= 11 is 0. The number of carbonyl (C=O) groups is 1. The number of benzene rings is 1. The fourth-order valence-corrected chi connectivity index (χ4v) is 4.20. The molecule has 0 radical (unpaired) electrons. The normalized spacial score (nSPS) is 19.8. The minimum absolute atomic E-state index is 0.346. The number of hydrogen-bond acceptors (Lipinski definition) is 4. The van der Waals surface area contributed by atoms with Crippen LogP contribution in [0.3, 0.4) is 0 Å². The summed E-state index contributed by atoms with van der Waals surface area (Å²) in [5, 5.41) is 5.31. The van der Waals surface area contributed by atoms with Gasteiger partial charge in [0, 0.05) is 44.5 Å². The average molecular weight is 341 g/mol. The van der Waals surface area contributed by atoms with E-state index < -0.39 is 0 Å². The van der Waals surface area contributed by atoms with Crippen LogP contribution in [0.2, 0.25) is 0 Å². The van der Waals surface area contributed by atoms with Crippen LogP contribution in [0.1, 0.15) is 44.2 Å². The zero-order valence-electron chi connectivity index (χ0n) is 14.8. The van der Waals surface area contributed by atoms with Gasteiger partial charge in [-0.2, -0.15) is 0 Å². The van der Waals surface area contributed by atoms with Crippen LogP contribution in [0.5, 0.6) is 0 Å². The molecule has 1 aliphatic heterocycles. The Hall–Kier alpha value is -1.88. The molecule has 0 N–H and O–H groups in total. The van der Waals surface area contributed by atoms with E-state index in [0.29, 0.717) is 5.91 Å². The Kier molecular flexibility index (Phi) is 5.02. The highest BCUT2D eigenvalue weighted by Crippen LogP contribution is 2.28. The molecule has 5 nitrogen and oxygen atoms in total. The fourth-order valence-electron chi connectivity index (χ4n) is 4.20. The lowest BCUT2D eigenvalue weighted by Gasteiger charge is -2.34. The summed E-state index contributed by atoms with van der Waals surface area (Å²) in [4.78, 5) is 16.8. The molecule has 0 unspecified atom stereocenters. The SMILES string of the molecule is O=C(CCC1CCCC1)N1CCN(Cc2noc3ccccc23)CC1. The molecule has 2 aromatic rings. The van der Waals surface area contributed by atoms with Crippen LogP contribution < -0.4 is 0 Å². The van der Waals surface area contributed by atoms with Gasteiger partial charge in [-0.3, -0.25) is 9.69 Å². The van der Waals surface area contributed by atoms with E-state index in [4.69, 9.17) is 4.52 Å². The van der Waals surface area contributed by atoms with Crippen molar-refractivity contribution in [3.05, 3.63) is 30.0 Å². The van der Waals surface area contributed by atoms with Crippen molar-refractivity contribution in [1.82, 2.24) is 15.0 Å². The van der Waals surface area contributed by atoms with Crippen LogP contribution in [0.4, 0.5) is 0 Å². The van der Waals surface area contributed by atoms with Crippen LogP contribution >= 0.6 is 0 Å². The quantitative estimate of drug-likeness (QED) is 0.836. The Bertz CT molecular complexity index is 713. The van der Waals surface area contributed by atoms with Gasteiger partial charge in [0.2, 0.25) is 5.91 Å². The summed E-state index contributed by atoms with van der Waals surface area (Å²) in [5.74, 6) is 1.14. The number of piperazine rings is 1. The number of para-hydroxylation sites is 1. The number of rotatable bonds is 5. The molecular formula is C20H27N3O2. The van der Waals surface area contributed by atoms with Crippen molar-refractivity contribution in [1.29, 1.82) is 0 Å². The van der Waals surface area contributed by atoms with E-state index in [-0.39, 0.29) is 0 Å². The maximum atomic E-state index is 12.4. The molecule has 134 valence electrons. The van der Waals surface area contributed by atoms with Gasteiger partial charge >= 0.3 is 0 Å². The Labute approximate surface area is 148 Å². The number of aromatic nitrogens is 1. The molecule has 0 bridgehead atoms. The third-order valence-electron chi connectivity index (χ3n) is 5.79. The second-order valence-corrected chi connectivity index (χ2v) is 7.47. The molecule has 25 heavy (non-hydrogen) atoms. The molecule has 0 spiro atoms. The molecule has 5 heteroatoms. The van der Waals surface area contributed by atoms with Crippen molar-refractivity contribution in [2.45, 2.75) is 45.1 Å². The third-order valence-corrected chi connectivity index (χ3v) is 5.79. The van der Waals surface area contributed by atoms with Gasteiger partial charge in [-0.15, -0.1) is 0 Å². The molecule has 2 heterocycles. The lowest BCUT2D eigenvalue weighted by Crippen LogP contribution is -2.48. The molecule has 1 amide bonds. The van der Waals surface area contributed by atoms with Crippen LogP contribution in [0, 0.1) is 5.92 Å². The Morgan fingerprint density at radius 2 is 1.88 bits per heavy atom. The molecule has 1 aromatic carbocycles. The summed E-state index contributed by atoms with van der Waals surface area (Å²) in [6.07, 6.45) is 7.19. The largest absolute Gasteiger partial charge is 0.356 e. The molecule has 1 saturated heterocycles. The molecule has 1 saturated carbocycles. The molecule has 0 atom stereocenters. The highest BCUT2D eigenvalue weighted by molar-refractivity contribution is 5.79. The van der Waals surface area contributed by atoms with Gasteiger partial charge < -0.3 is 9.42 Å². The Balaban J connectivity index is 1.26. The number of amides is 1. The van der Waals surface area contributed by atoms with Crippen LogP contribution in [-0.4, -0.2) is 47.0 Å². The molecule has 2 aliphatic rings. The number of carbonyl (C=O) groups excluding carboxylic acids is 1. The maximum absolute atomic E-state index is 12.4. The highest BCUT2D eigenvalue weighted by atomic mass is 16.5.